The van der Waals surface area contributed by atoms with Crippen molar-refractivity contribution < 1.29 is 0 Å². The Morgan fingerprint density at radius 2 is 1.70 bits per heavy atom. The van der Waals surface area contributed by atoms with Gasteiger partial charge in [0.15, 0.2) is 0 Å². The number of benzene rings is 1. The fourth-order valence-electron chi connectivity index (χ4n) is 1.55. The van der Waals surface area contributed by atoms with Gasteiger partial charge in [-0.2, -0.15) is 5.10 Å². The van der Waals surface area contributed by atoms with Crippen LogP contribution in [0.3, 0.4) is 0 Å². The number of hydrazone groups is 1. The molecule has 1 N–H and O–H groups in total. The van der Waals surface area contributed by atoms with Gasteiger partial charge in [0, 0.05) is 32.2 Å². The Kier molecular flexibility index (Phi) is 4.82. The van der Waals surface area contributed by atoms with E-state index in [1.807, 2.05) is 43.3 Å². The fraction of sp³-hybridized carbons (Fsp3) is 0.143. The normalized spacial score (nSPS) is 10.8. The Hall–Kier alpha value is -1.78. The van der Waals surface area contributed by atoms with E-state index < -0.39 is 0 Å². The maximum absolute atomic E-state index is 5.98. The van der Waals surface area contributed by atoms with Crippen LogP contribution in [0.15, 0.2) is 41.8 Å². The highest BCUT2D eigenvalue weighted by atomic mass is 35.5. The number of nitrogens with zero attached hydrogens (tertiary/aromatic N) is 3. The van der Waals surface area contributed by atoms with E-state index in [0.717, 1.165) is 11.3 Å². The van der Waals surface area contributed by atoms with Crippen LogP contribution in [0.1, 0.15) is 5.56 Å². The Morgan fingerprint density at radius 3 is 2.25 bits per heavy atom. The molecule has 0 atom stereocenters. The van der Waals surface area contributed by atoms with Crippen LogP contribution in [0.2, 0.25) is 10.0 Å². The van der Waals surface area contributed by atoms with Crippen LogP contribution < -0.4 is 10.3 Å². The lowest BCUT2D eigenvalue weighted by atomic mass is 10.2. The van der Waals surface area contributed by atoms with Crippen molar-refractivity contribution in [3.63, 3.8) is 0 Å². The van der Waals surface area contributed by atoms with Crippen LogP contribution in [0.25, 0.3) is 0 Å². The fourth-order valence-corrected chi connectivity index (χ4v) is 2.00. The van der Waals surface area contributed by atoms with Crippen molar-refractivity contribution >= 4 is 40.8 Å². The molecular formula is C14H14Cl2N4. The van der Waals surface area contributed by atoms with Crippen LogP contribution in [0.5, 0.6) is 0 Å². The summed E-state index contributed by atoms with van der Waals surface area (Å²) in [6.07, 6.45) is 4.72. The standard InChI is InChI=1S/C14H14Cl2N4/c1-20(2)11-5-3-10(4-6-11)7-18-19-14-12(15)8-17-9-13(14)16/h3-9H,1-2H3,(H,17,19). The predicted molar refractivity (Wildman–Crippen MR) is 86.2 cm³/mol. The lowest BCUT2D eigenvalue weighted by molar-refractivity contribution is 1.13. The van der Waals surface area contributed by atoms with Crippen molar-refractivity contribution in [3.8, 4) is 0 Å². The highest BCUT2D eigenvalue weighted by Crippen LogP contribution is 2.28. The molecule has 0 unspecified atom stereocenters. The van der Waals surface area contributed by atoms with E-state index in [-0.39, 0.29) is 0 Å². The molecule has 20 heavy (non-hydrogen) atoms. The zero-order valence-corrected chi connectivity index (χ0v) is 12.7. The van der Waals surface area contributed by atoms with Gasteiger partial charge in [0.05, 0.1) is 21.9 Å². The monoisotopic (exact) mass is 308 g/mol. The average Bonchev–Trinajstić information content (AvgIpc) is 2.42. The summed E-state index contributed by atoms with van der Waals surface area (Å²) < 4.78 is 0. The van der Waals surface area contributed by atoms with Crippen molar-refractivity contribution in [3.05, 3.63) is 52.3 Å². The Balaban J connectivity index is 2.07. The topological polar surface area (TPSA) is 40.5 Å². The summed E-state index contributed by atoms with van der Waals surface area (Å²) in [4.78, 5) is 5.91. The number of aromatic nitrogens is 1. The first-order chi connectivity index (χ1) is 9.58. The van der Waals surface area contributed by atoms with Gasteiger partial charge in [0.25, 0.3) is 0 Å². The molecule has 0 aliphatic heterocycles. The van der Waals surface area contributed by atoms with Crippen LogP contribution in [-0.2, 0) is 0 Å². The van der Waals surface area contributed by atoms with Crippen LogP contribution in [-0.4, -0.2) is 25.3 Å². The van der Waals surface area contributed by atoms with E-state index in [1.54, 1.807) is 6.21 Å². The molecule has 1 aromatic carbocycles. The summed E-state index contributed by atoms with van der Waals surface area (Å²) >= 11 is 12.0. The van der Waals surface area contributed by atoms with Gasteiger partial charge in [-0.3, -0.25) is 10.4 Å². The van der Waals surface area contributed by atoms with E-state index in [1.165, 1.54) is 12.4 Å². The molecule has 0 bridgehead atoms. The average molecular weight is 309 g/mol. The first-order valence-electron chi connectivity index (χ1n) is 5.93. The highest BCUT2D eigenvalue weighted by molar-refractivity contribution is 6.38. The molecule has 6 heteroatoms. The molecule has 2 aromatic rings. The minimum Gasteiger partial charge on any atom is -0.378 e. The van der Waals surface area contributed by atoms with Gasteiger partial charge >= 0.3 is 0 Å². The lowest BCUT2D eigenvalue weighted by Crippen LogP contribution is -2.08. The second-order valence-electron chi connectivity index (χ2n) is 4.33. The minimum absolute atomic E-state index is 0.428. The first kappa shape index (κ1) is 14.6. The molecule has 0 spiro atoms. The van der Waals surface area contributed by atoms with Crippen LogP contribution in [0, 0.1) is 0 Å². The number of nitrogens with one attached hydrogen (secondary N) is 1. The molecular weight excluding hydrogens is 295 g/mol. The lowest BCUT2D eigenvalue weighted by Gasteiger charge is -2.11. The van der Waals surface area contributed by atoms with E-state index in [0.29, 0.717) is 15.7 Å². The maximum atomic E-state index is 5.98. The van der Waals surface area contributed by atoms with E-state index >= 15 is 0 Å². The minimum atomic E-state index is 0.428. The SMILES string of the molecule is CN(C)c1ccc(C=NNc2c(Cl)cncc2Cl)cc1. The molecule has 0 aliphatic carbocycles. The smallest absolute Gasteiger partial charge is 0.0965 e. The molecule has 0 saturated carbocycles. The Bertz CT molecular complexity index is 589. The van der Waals surface area contributed by atoms with E-state index in [4.69, 9.17) is 23.2 Å². The van der Waals surface area contributed by atoms with Crippen molar-refractivity contribution in [2.75, 3.05) is 24.4 Å². The number of hydrogen-bond acceptors (Lipinski definition) is 4. The first-order valence-corrected chi connectivity index (χ1v) is 6.69. The van der Waals surface area contributed by atoms with Gasteiger partial charge in [-0.1, -0.05) is 35.3 Å². The zero-order chi connectivity index (χ0) is 14.5. The largest absolute Gasteiger partial charge is 0.378 e. The molecule has 0 aliphatic rings. The quantitative estimate of drug-likeness (QED) is 0.688. The highest BCUT2D eigenvalue weighted by Gasteiger charge is 2.04. The van der Waals surface area contributed by atoms with Gasteiger partial charge < -0.3 is 4.90 Å². The van der Waals surface area contributed by atoms with Gasteiger partial charge in [-0.05, 0) is 17.7 Å². The summed E-state index contributed by atoms with van der Waals surface area (Å²) in [6, 6.07) is 8.01. The second kappa shape index (κ2) is 6.59. The predicted octanol–water partition coefficient (Wildman–Crippen LogP) is 3.90. The molecule has 0 amide bonds. The van der Waals surface area contributed by atoms with Crippen molar-refractivity contribution in [2.45, 2.75) is 0 Å². The van der Waals surface area contributed by atoms with Gasteiger partial charge in [-0.15, -0.1) is 0 Å². The van der Waals surface area contributed by atoms with Crippen molar-refractivity contribution in [2.24, 2.45) is 5.10 Å². The van der Waals surface area contributed by atoms with Gasteiger partial charge in [-0.25, -0.2) is 0 Å². The molecule has 0 saturated heterocycles. The molecule has 4 nitrogen and oxygen atoms in total. The summed E-state index contributed by atoms with van der Waals surface area (Å²) in [6.45, 7) is 0. The van der Waals surface area contributed by atoms with Gasteiger partial charge in [0.2, 0.25) is 0 Å². The number of hydrogen-bond donors (Lipinski definition) is 1. The van der Waals surface area contributed by atoms with Crippen molar-refractivity contribution in [1.82, 2.24) is 4.98 Å². The summed E-state index contributed by atoms with van der Waals surface area (Å²) in [5.41, 5.74) is 5.48. The molecule has 0 fully saturated rings. The molecule has 2 rings (SSSR count). The third-order valence-electron chi connectivity index (χ3n) is 2.65. The summed E-state index contributed by atoms with van der Waals surface area (Å²) in [5.74, 6) is 0. The molecule has 1 heterocycles. The molecule has 104 valence electrons. The molecule has 0 radical (unpaired) electrons. The Morgan fingerprint density at radius 1 is 1.10 bits per heavy atom. The number of rotatable bonds is 4. The number of anilines is 2. The van der Waals surface area contributed by atoms with E-state index in [9.17, 15) is 0 Å². The number of pyridine rings is 1. The maximum Gasteiger partial charge on any atom is 0.0965 e. The number of halogens is 2. The third-order valence-corrected chi connectivity index (χ3v) is 3.23. The van der Waals surface area contributed by atoms with Crippen molar-refractivity contribution in [1.29, 1.82) is 0 Å². The van der Waals surface area contributed by atoms with Crippen LogP contribution in [0.4, 0.5) is 11.4 Å². The van der Waals surface area contributed by atoms with Crippen LogP contribution >= 0.6 is 23.2 Å². The summed E-state index contributed by atoms with van der Waals surface area (Å²) in [5, 5.41) is 4.98. The Labute approximate surface area is 128 Å². The van der Waals surface area contributed by atoms with E-state index in [2.05, 4.69) is 15.5 Å². The second-order valence-corrected chi connectivity index (χ2v) is 5.15. The zero-order valence-electron chi connectivity index (χ0n) is 11.1. The van der Waals surface area contributed by atoms with Gasteiger partial charge in [0.1, 0.15) is 0 Å². The summed E-state index contributed by atoms with van der Waals surface area (Å²) in [7, 11) is 4.00. The third kappa shape index (κ3) is 3.62. The molecule has 1 aromatic heterocycles.